The van der Waals surface area contributed by atoms with Crippen molar-refractivity contribution in [2.75, 3.05) is 18.5 Å². The number of hydrogen-bond acceptors (Lipinski definition) is 4. The molecule has 1 N–H and O–H groups in total. The fraction of sp³-hybridized carbons (Fsp3) is 0.105. The highest BCUT2D eigenvalue weighted by Gasteiger charge is 2.32. The van der Waals surface area contributed by atoms with Crippen LogP contribution in [0.3, 0.4) is 0 Å². The summed E-state index contributed by atoms with van der Waals surface area (Å²) < 4.78 is 6.01. The molecule has 0 unspecified atom stereocenters. The van der Waals surface area contributed by atoms with Crippen molar-refractivity contribution < 1.29 is 19.1 Å². The minimum atomic E-state index is -0.676. The molecule has 26 heavy (non-hydrogen) atoms. The topological polar surface area (TPSA) is 75.7 Å². The normalized spacial score (nSPS) is 12.7. The maximum absolute atomic E-state index is 12.3. The van der Waals surface area contributed by atoms with E-state index in [0.717, 1.165) is 3.57 Å². The lowest BCUT2D eigenvalue weighted by Gasteiger charge is -2.16. The third kappa shape index (κ3) is 3.93. The summed E-state index contributed by atoms with van der Waals surface area (Å²) >= 11 is 2.16. The number of amides is 2. The average Bonchev–Trinajstić information content (AvgIpc) is 2.87. The van der Waals surface area contributed by atoms with E-state index < -0.39 is 18.5 Å². The van der Waals surface area contributed by atoms with Crippen molar-refractivity contribution in [1.29, 1.82) is 0 Å². The van der Waals surface area contributed by atoms with E-state index in [9.17, 15) is 14.4 Å². The number of carbonyl (C=O) groups excluding carboxylic acids is 3. The molecule has 132 valence electrons. The molecule has 0 radical (unpaired) electrons. The van der Waals surface area contributed by atoms with Gasteiger partial charge in [0.15, 0.2) is 6.61 Å². The van der Waals surface area contributed by atoms with Gasteiger partial charge in [-0.05, 0) is 52.9 Å². The van der Waals surface area contributed by atoms with Crippen molar-refractivity contribution in [2.24, 2.45) is 0 Å². The van der Waals surface area contributed by atoms with Gasteiger partial charge in [0.1, 0.15) is 6.54 Å². The molecule has 0 atom stereocenters. The third-order valence-corrected chi connectivity index (χ3v) is 4.54. The van der Waals surface area contributed by atoms with E-state index in [1.807, 2.05) is 12.1 Å². The van der Waals surface area contributed by atoms with Crippen molar-refractivity contribution in [2.45, 2.75) is 0 Å². The molecular weight excluding hydrogens is 447 g/mol. The second kappa shape index (κ2) is 7.69. The van der Waals surface area contributed by atoms with E-state index in [2.05, 4.69) is 34.5 Å². The number of hydrogen-bond donors (Lipinski definition) is 1. The van der Waals surface area contributed by atoms with Gasteiger partial charge in [-0.1, -0.05) is 24.8 Å². The van der Waals surface area contributed by atoms with Gasteiger partial charge in [0, 0.05) is 26.1 Å². The molecule has 1 aliphatic rings. The Morgan fingerprint density at radius 2 is 1.73 bits per heavy atom. The SMILES string of the molecule is C=C1c2ccccc2C(=O)N1CC(=O)OCC(=O)Nc1ccc(I)cc1. The molecule has 2 amide bonds. The molecule has 0 fully saturated rings. The van der Waals surface area contributed by atoms with Crippen molar-refractivity contribution in [3.05, 3.63) is 69.8 Å². The van der Waals surface area contributed by atoms with Gasteiger partial charge in [-0.2, -0.15) is 0 Å². The van der Waals surface area contributed by atoms with E-state index in [4.69, 9.17) is 4.74 Å². The highest BCUT2D eigenvalue weighted by molar-refractivity contribution is 14.1. The number of nitrogens with zero attached hydrogens (tertiary/aromatic N) is 1. The van der Waals surface area contributed by atoms with E-state index in [-0.39, 0.29) is 12.5 Å². The van der Waals surface area contributed by atoms with Crippen LogP contribution in [0.4, 0.5) is 5.69 Å². The smallest absolute Gasteiger partial charge is 0.326 e. The van der Waals surface area contributed by atoms with Gasteiger partial charge in [0.2, 0.25) is 0 Å². The predicted octanol–water partition coefficient (Wildman–Crippen LogP) is 2.90. The Morgan fingerprint density at radius 1 is 1.08 bits per heavy atom. The van der Waals surface area contributed by atoms with Gasteiger partial charge in [0.25, 0.3) is 11.8 Å². The first kappa shape index (κ1) is 18.1. The number of anilines is 1. The quantitative estimate of drug-likeness (QED) is 0.548. The van der Waals surface area contributed by atoms with Crippen LogP contribution in [0.2, 0.25) is 0 Å². The fourth-order valence-corrected chi connectivity index (χ4v) is 2.91. The molecule has 7 heteroatoms. The second-order valence-electron chi connectivity index (χ2n) is 5.60. The number of nitrogens with one attached hydrogen (secondary N) is 1. The number of rotatable bonds is 5. The van der Waals surface area contributed by atoms with E-state index in [1.165, 1.54) is 4.90 Å². The lowest BCUT2D eigenvalue weighted by molar-refractivity contribution is -0.147. The molecule has 0 saturated carbocycles. The van der Waals surface area contributed by atoms with Crippen LogP contribution in [0.15, 0.2) is 55.1 Å². The summed E-state index contributed by atoms with van der Waals surface area (Å²) in [4.78, 5) is 37.4. The van der Waals surface area contributed by atoms with E-state index in [1.54, 1.807) is 36.4 Å². The number of benzene rings is 2. The Bertz CT molecular complexity index is 858. The van der Waals surface area contributed by atoms with Crippen LogP contribution in [0.1, 0.15) is 15.9 Å². The van der Waals surface area contributed by atoms with E-state index >= 15 is 0 Å². The second-order valence-corrected chi connectivity index (χ2v) is 6.84. The van der Waals surface area contributed by atoms with Gasteiger partial charge >= 0.3 is 5.97 Å². The van der Waals surface area contributed by atoms with Crippen molar-refractivity contribution in [3.63, 3.8) is 0 Å². The molecule has 0 aromatic heterocycles. The summed E-state index contributed by atoms with van der Waals surface area (Å²) in [5, 5.41) is 2.63. The Balaban J connectivity index is 1.52. The first-order valence-electron chi connectivity index (χ1n) is 7.77. The molecule has 0 aliphatic carbocycles. The summed E-state index contributed by atoms with van der Waals surface area (Å²) in [5.74, 6) is -1.43. The molecule has 0 spiro atoms. The summed E-state index contributed by atoms with van der Waals surface area (Å²) in [6.07, 6.45) is 0. The molecule has 6 nitrogen and oxygen atoms in total. The van der Waals surface area contributed by atoms with Crippen LogP contribution >= 0.6 is 22.6 Å². The lowest BCUT2D eigenvalue weighted by Crippen LogP contribution is -2.32. The van der Waals surface area contributed by atoms with Crippen LogP contribution in [0.5, 0.6) is 0 Å². The minimum Gasteiger partial charge on any atom is -0.454 e. The Kier molecular flexibility index (Phi) is 5.36. The highest BCUT2D eigenvalue weighted by atomic mass is 127. The Morgan fingerprint density at radius 3 is 2.38 bits per heavy atom. The van der Waals surface area contributed by atoms with Crippen molar-refractivity contribution in [3.8, 4) is 0 Å². The zero-order valence-corrected chi connectivity index (χ0v) is 15.9. The summed E-state index contributed by atoms with van der Waals surface area (Å²) in [6.45, 7) is 3.14. The molecule has 3 rings (SSSR count). The zero-order chi connectivity index (χ0) is 18.7. The van der Waals surface area contributed by atoms with Crippen LogP contribution in [0.25, 0.3) is 5.70 Å². The summed E-state index contributed by atoms with van der Waals surface area (Å²) in [6, 6.07) is 14.2. The maximum atomic E-state index is 12.3. The molecule has 1 aliphatic heterocycles. The standard InChI is InChI=1S/C19H15IN2O4/c1-12-15-4-2-3-5-16(15)19(25)22(12)10-18(24)26-11-17(23)21-14-8-6-13(20)7-9-14/h2-9H,1,10-11H2,(H,21,23). The number of fused-ring (bicyclic) bond motifs is 1. The van der Waals surface area contributed by atoms with Gasteiger partial charge in [-0.25, -0.2) is 0 Å². The molecule has 2 aromatic rings. The molecule has 2 aromatic carbocycles. The monoisotopic (exact) mass is 462 g/mol. The Hall–Kier alpha value is -2.68. The summed E-state index contributed by atoms with van der Waals surface area (Å²) in [5.41, 5.74) is 2.26. The summed E-state index contributed by atoms with van der Waals surface area (Å²) in [7, 11) is 0. The third-order valence-electron chi connectivity index (χ3n) is 3.82. The van der Waals surface area contributed by atoms with Crippen molar-refractivity contribution in [1.82, 2.24) is 4.90 Å². The number of ether oxygens (including phenoxy) is 1. The fourth-order valence-electron chi connectivity index (χ4n) is 2.55. The van der Waals surface area contributed by atoms with Crippen LogP contribution in [-0.4, -0.2) is 35.8 Å². The predicted molar refractivity (Wildman–Crippen MR) is 105 cm³/mol. The van der Waals surface area contributed by atoms with Gasteiger partial charge in [-0.3, -0.25) is 19.3 Å². The molecule has 0 saturated heterocycles. The number of esters is 1. The van der Waals surface area contributed by atoms with Gasteiger partial charge in [0.05, 0.1) is 0 Å². The average molecular weight is 462 g/mol. The van der Waals surface area contributed by atoms with Crippen molar-refractivity contribution >= 4 is 51.8 Å². The van der Waals surface area contributed by atoms with Crippen LogP contribution in [-0.2, 0) is 14.3 Å². The number of halogens is 1. The Labute approximate surface area is 164 Å². The molecule has 0 bridgehead atoms. The lowest BCUT2D eigenvalue weighted by atomic mass is 10.1. The van der Waals surface area contributed by atoms with Gasteiger partial charge in [-0.15, -0.1) is 0 Å². The number of carbonyl (C=O) groups is 3. The largest absolute Gasteiger partial charge is 0.454 e. The first-order chi connectivity index (χ1) is 12.5. The molecule has 1 heterocycles. The molecular formula is C19H15IN2O4. The van der Waals surface area contributed by atoms with Crippen LogP contribution < -0.4 is 5.32 Å². The highest BCUT2D eigenvalue weighted by Crippen LogP contribution is 2.30. The van der Waals surface area contributed by atoms with Gasteiger partial charge < -0.3 is 10.1 Å². The van der Waals surface area contributed by atoms with Crippen LogP contribution in [0, 0.1) is 3.57 Å². The van der Waals surface area contributed by atoms with E-state index in [0.29, 0.717) is 22.5 Å². The minimum absolute atomic E-state index is 0.289. The first-order valence-corrected chi connectivity index (χ1v) is 8.85. The zero-order valence-electron chi connectivity index (χ0n) is 13.7. The maximum Gasteiger partial charge on any atom is 0.326 e.